The molecule has 1 heterocycles. The van der Waals surface area contributed by atoms with Gasteiger partial charge in [0.2, 0.25) is 19.1 Å². The average molecular weight is 383 g/mol. The molecule has 17 heavy (non-hydrogen) atoms. The third-order valence-electron chi connectivity index (χ3n) is 1.77. The van der Waals surface area contributed by atoms with Gasteiger partial charge in [-0.3, -0.25) is 0 Å². The molecule has 1 aromatic heterocycles. The van der Waals surface area contributed by atoms with Gasteiger partial charge < -0.3 is 0 Å². The molecule has 0 atom stereocenters. The molecule has 1 N–H and O–H groups in total. The van der Waals surface area contributed by atoms with Crippen molar-refractivity contribution in [1.29, 1.82) is 0 Å². The van der Waals surface area contributed by atoms with Crippen LogP contribution in [0.5, 0.6) is 0 Å². The summed E-state index contributed by atoms with van der Waals surface area (Å²) < 4.78 is 47.8. The zero-order valence-electron chi connectivity index (χ0n) is 8.61. The summed E-state index contributed by atoms with van der Waals surface area (Å²) in [6.45, 7) is 1.42. The summed E-state index contributed by atoms with van der Waals surface area (Å²) in [5, 5.41) is 0. The highest BCUT2D eigenvalue weighted by atomic mass is 79.9. The number of hydrogen-bond acceptors (Lipinski definition) is 5. The van der Waals surface area contributed by atoms with Crippen molar-refractivity contribution in [2.24, 2.45) is 0 Å². The van der Waals surface area contributed by atoms with Crippen molar-refractivity contribution in [3.05, 3.63) is 14.7 Å². The molecule has 98 valence electrons. The second-order valence-electron chi connectivity index (χ2n) is 3.11. The molecule has 5 nitrogen and oxygen atoms in total. The van der Waals surface area contributed by atoms with E-state index in [0.717, 1.165) is 0 Å². The summed E-state index contributed by atoms with van der Waals surface area (Å²) in [7, 11) is -2.40. The van der Waals surface area contributed by atoms with Crippen LogP contribution in [-0.2, 0) is 19.1 Å². The summed E-state index contributed by atoms with van der Waals surface area (Å²) in [6.07, 6.45) is 0. The predicted molar refractivity (Wildman–Crippen MR) is 71.6 cm³/mol. The van der Waals surface area contributed by atoms with Gasteiger partial charge in [-0.2, -0.15) is 0 Å². The normalized spacial score (nSPS) is 12.9. The largest absolute Gasteiger partial charge is 0.241 e. The maximum atomic E-state index is 11.8. The zero-order chi connectivity index (χ0) is 13.3. The number of nitrogens with one attached hydrogen (secondary N) is 1. The highest BCUT2D eigenvalue weighted by Crippen LogP contribution is 2.29. The Morgan fingerprint density at radius 2 is 2.00 bits per heavy atom. The van der Waals surface area contributed by atoms with Crippen LogP contribution in [0, 0.1) is 6.92 Å². The highest BCUT2D eigenvalue weighted by Gasteiger charge is 2.19. The number of sulfonamides is 1. The van der Waals surface area contributed by atoms with E-state index in [4.69, 9.17) is 10.7 Å². The molecular formula is C7H9BrClNO4S3. The number of halogens is 2. The first kappa shape index (κ1) is 15.4. The minimum absolute atomic E-state index is 0.140. The van der Waals surface area contributed by atoms with Crippen molar-refractivity contribution >= 4 is 57.0 Å². The van der Waals surface area contributed by atoms with E-state index in [1.807, 2.05) is 0 Å². The molecule has 0 spiro atoms. The average Bonchev–Trinajstić information content (AvgIpc) is 2.43. The molecule has 1 aromatic rings. The third-order valence-corrected chi connectivity index (χ3v) is 6.19. The summed E-state index contributed by atoms with van der Waals surface area (Å²) in [5.41, 5.74) is 0. The Kier molecular flexibility index (Phi) is 5.01. The fraction of sp³-hybridized carbons (Fsp3) is 0.429. The van der Waals surface area contributed by atoms with Gasteiger partial charge in [0.05, 0.1) is 14.4 Å². The number of hydrogen-bond donors (Lipinski definition) is 1. The molecule has 0 amide bonds. The third kappa shape index (κ3) is 4.84. The first-order chi connectivity index (χ1) is 7.62. The summed E-state index contributed by atoms with van der Waals surface area (Å²) in [5.74, 6) is -0.446. The van der Waals surface area contributed by atoms with E-state index in [1.54, 1.807) is 6.92 Å². The molecule has 1 rings (SSSR count). The maximum absolute atomic E-state index is 11.8. The molecule has 0 radical (unpaired) electrons. The monoisotopic (exact) mass is 381 g/mol. The molecule has 0 saturated carbocycles. The quantitative estimate of drug-likeness (QED) is 0.786. The molecule has 0 bridgehead atoms. The number of thiophene rings is 1. The Labute approximate surface area is 117 Å². The van der Waals surface area contributed by atoms with Gasteiger partial charge in [0.1, 0.15) is 0 Å². The van der Waals surface area contributed by atoms with Gasteiger partial charge in [0, 0.05) is 22.1 Å². The van der Waals surface area contributed by atoms with Crippen LogP contribution in [0.1, 0.15) is 4.88 Å². The second-order valence-corrected chi connectivity index (χ2v) is 10.4. The summed E-state index contributed by atoms with van der Waals surface area (Å²) in [6, 6.07) is 1.47. The Morgan fingerprint density at radius 1 is 1.41 bits per heavy atom. The first-order valence-electron chi connectivity index (χ1n) is 4.30. The fourth-order valence-corrected chi connectivity index (χ4v) is 5.22. The van der Waals surface area contributed by atoms with Gasteiger partial charge in [-0.25, -0.2) is 21.6 Å². The smallest absolute Gasteiger partial charge is 0.212 e. The van der Waals surface area contributed by atoms with E-state index in [1.165, 1.54) is 17.4 Å². The predicted octanol–water partition coefficient (Wildman–Crippen LogP) is 1.67. The van der Waals surface area contributed by atoms with Crippen LogP contribution in [0.25, 0.3) is 0 Å². The standard InChI is InChI=1S/C7H9BrClNO4S3/c1-5-6(4-7(8)15-5)17(13,14)10-2-3-16(9,11)12/h4,10H,2-3H2,1H3. The molecule has 0 aliphatic rings. The topological polar surface area (TPSA) is 80.3 Å². The van der Waals surface area contributed by atoms with Gasteiger partial charge in [-0.15, -0.1) is 11.3 Å². The minimum atomic E-state index is -3.70. The van der Waals surface area contributed by atoms with Crippen LogP contribution in [0.2, 0.25) is 0 Å². The van der Waals surface area contributed by atoms with E-state index in [9.17, 15) is 16.8 Å². The second kappa shape index (κ2) is 5.54. The van der Waals surface area contributed by atoms with Gasteiger partial charge in [-0.05, 0) is 28.9 Å². The van der Waals surface area contributed by atoms with Crippen LogP contribution in [-0.4, -0.2) is 29.1 Å². The number of rotatable bonds is 5. The van der Waals surface area contributed by atoms with Gasteiger partial charge >= 0.3 is 0 Å². The fourth-order valence-electron chi connectivity index (χ4n) is 1.07. The van der Waals surface area contributed by atoms with Crippen molar-refractivity contribution < 1.29 is 16.8 Å². The molecule has 0 aromatic carbocycles. The molecular weight excluding hydrogens is 374 g/mol. The van der Waals surface area contributed by atoms with E-state index in [2.05, 4.69) is 20.7 Å². The van der Waals surface area contributed by atoms with Crippen LogP contribution in [0.4, 0.5) is 0 Å². The lowest BCUT2D eigenvalue weighted by Gasteiger charge is -2.04. The Bertz CT molecular complexity index is 607. The van der Waals surface area contributed by atoms with Gasteiger partial charge in [0.25, 0.3) is 0 Å². The minimum Gasteiger partial charge on any atom is -0.212 e. The summed E-state index contributed by atoms with van der Waals surface area (Å²) >= 11 is 4.47. The molecule has 0 saturated heterocycles. The highest BCUT2D eigenvalue weighted by molar-refractivity contribution is 9.11. The molecule has 0 fully saturated rings. The Morgan fingerprint density at radius 3 is 2.41 bits per heavy atom. The van der Waals surface area contributed by atoms with Gasteiger partial charge in [0.15, 0.2) is 0 Å². The lowest BCUT2D eigenvalue weighted by Crippen LogP contribution is -2.28. The van der Waals surface area contributed by atoms with Gasteiger partial charge in [-0.1, -0.05) is 0 Å². The van der Waals surface area contributed by atoms with Crippen LogP contribution in [0.15, 0.2) is 14.7 Å². The van der Waals surface area contributed by atoms with Crippen molar-refractivity contribution in [3.63, 3.8) is 0 Å². The number of aryl methyl sites for hydroxylation is 1. The first-order valence-corrected chi connectivity index (χ1v) is 9.87. The van der Waals surface area contributed by atoms with Crippen molar-refractivity contribution in [2.45, 2.75) is 11.8 Å². The Hall–Kier alpha value is 0.330. The summed E-state index contributed by atoms with van der Waals surface area (Å²) in [4.78, 5) is 0.763. The molecule has 0 aliphatic carbocycles. The van der Waals surface area contributed by atoms with E-state index in [-0.39, 0.29) is 11.4 Å². The zero-order valence-corrected chi connectivity index (χ0v) is 13.4. The maximum Gasteiger partial charge on any atom is 0.241 e. The van der Waals surface area contributed by atoms with Crippen LogP contribution in [0.3, 0.4) is 0 Å². The Balaban J connectivity index is 2.80. The van der Waals surface area contributed by atoms with Crippen molar-refractivity contribution in [2.75, 3.05) is 12.3 Å². The van der Waals surface area contributed by atoms with E-state index >= 15 is 0 Å². The van der Waals surface area contributed by atoms with Crippen molar-refractivity contribution in [3.8, 4) is 0 Å². The molecule has 10 heteroatoms. The van der Waals surface area contributed by atoms with Crippen molar-refractivity contribution in [1.82, 2.24) is 4.72 Å². The lowest BCUT2D eigenvalue weighted by atomic mass is 10.5. The van der Waals surface area contributed by atoms with E-state index in [0.29, 0.717) is 8.66 Å². The SMILES string of the molecule is Cc1sc(Br)cc1S(=O)(=O)NCCS(=O)(=O)Cl. The molecule has 0 aliphatic heterocycles. The molecule has 0 unspecified atom stereocenters. The van der Waals surface area contributed by atoms with Crippen LogP contribution < -0.4 is 4.72 Å². The van der Waals surface area contributed by atoms with Crippen LogP contribution >= 0.6 is 37.9 Å². The van der Waals surface area contributed by atoms with E-state index < -0.39 is 24.8 Å². The lowest BCUT2D eigenvalue weighted by molar-refractivity contribution is 0.582.